The van der Waals surface area contributed by atoms with Gasteiger partial charge in [-0.3, -0.25) is 0 Å². The van der Waals surface area contributed by atoms with Gasteiger partial charge in [-0.1, -0.05) is 6.92 Å². The van der Waals surface area contributed by atoms with Crippen molar-refractivity contribution in [1.29, 1.82) is 0 Å². The molecule has 0 bridgehead atoms. The molecule has 1 fully saturated rings. The Hall–Kier alpha value is -1.62. The second-order valence-electron chi connectivity index (χ2n) is 6.13. The first-order valence-electron chi connectivity index (χ1n) is 7.26. The number of anilines is 1. The van der Waals surface area contributed by atoms with Crippen LogP contribution >= 0.6 is 0 Å². The van der Waals surface area contributed by atoms with Gasteiger partial charge >= 0.3 is 0 Å². The van der Waals surface area contributed by atoms with E-state index in [1.807, 2.05) is 0 Å². The van der Waals surface area contributed by atoms with Gasteiger partial charge in [0.2, 0.25) is 0 Å². The molecule has 2 N–H and O–H groups in total. The van der Waals surface area contributed by atoms with Gasteiger partial charge in [0.15, 0.2) is 0 Å². The summed E-state index contributed by atoms with van der Waals surface area (Å²) in [6.45, 7) is 8.87. The lowest BCUT2D eigenvalue weighted by Gasteiger charge is -2.36. The predicted molar refractivity (Wildman–Crippen MR) is 81.7 cm³/mol. The van der Waals surface area contributed by atoms with E-state index in [4.69, 9.17) is 5.73 Å². The number of rotatable bonds is 1. The summed E-state index contributed by atoms with van der Waals surface area (Å²) < 4.78 is 2.39. The van der Waals surface area contributed by atoms with E-state index in [1.165, 1.54) is 11.3 Å². The third-order valence-corrected chi connectivity index (χ3v) is 4.76. The predicted octanol–water partition coefficient (Wildman–Crippen LogP) is 2.14. The Bertz CT molecular complexity index is 645. The maximum Gasteiger partial charge on any atom is 0.146 e. The fourth-order valence-electron chi connectivity index (χ4n) is 3.58. The Labute approximate surface area is 119 Å². The van der Waals surface area contributed by atoms with E-state index in [0.29, 0.717) is 17.8 Å². The number of nitrogens with zero attached hydrogens (tertiary/aromatic N) is 4. The van der Waals surface area contributed by atoms with Crippen LogP contribution in [0.3, 0.4) is 0 Å². The van der Waals surface area contributed by atoms with Gasteiger partial charge in [-0.25, -0.2) is 9.97 Å². The molecule has 0 aromatic carbocycles. The van der Waals surface area contributed by atoms with Crippen LogP contribution in [0.4, 0.5) is 5.82 Å². The minimum atomic E-state index is 0.497. The molecule has 1 aliphatic heterocycles. The fraction of sp³-hybridized carbons (Fsp3) is 0.600. The van der Waals surface area contributed by atoms with Crippen molar-refractivity contribution < 1.29 is 0 Å². The van der Waals surface area contributed by atoms with Crippen LogP contribution in [-0.2, 0) is 0 Å². The molecule has 3 heterocycles. The van der Waals surface area contributed by atoms with Crippen molar-refractivity contribution >= 4 is 16.9 Å². The molecule has 0 spiro atoms. The van der Waals surface area contributed by atoms with E-state index in [2.05, 4.69) is 47.3 Å². The van der Waals surface area contributed by atoms with E-state index >= 15 is 0 Å². The Morgan fingerprint density at radius 2 is 2.05 bits per heavy atom. The van der Waals surface area contributed by atoms with Crippen molar-refractivity contribution in [3.8, 4) is 0 Å². The smallest absolute Gasteiger partial charge is 0.146 e. The van der Waals surface area contributed by atoms with Crippen molar-refractivity contribution in [3.63, 3.8) is 0 Å². The molecular formula is C15H23N5. The van der Waals surface area contributed by atoms with Crippen molar-refractivity contribution in [1.82, 2.24) is 19.4 Å². The average molecular weight is 273 g/mol. The molecule has 2 unspecified atom stereocenters. The topological polar surface area (TPSA) is 60.0 Å². The molecule has 0 radical (unpaired) electrons. The van der Waals surface area contributed by atoms with Gasteiger partial charge in [-0.05, 0) is 45.3 Å². The van der Waals surface area contributed by atoms with E-state index < -0.39 is 0 Å². The molecular weight excluding hydrogens is 250 g/mol. The van der Waals surface area contributed by atoms with Crippen molar-refractivity contribution in [2.24, 2.45) is 5.92 Å². The summed E-state index contributed by atoms with van der Waals surface area (Å²) in [6, 6.07) is 0.497. The molecule has 1 aliphatic rings. The van der Waals surface area contributed by atoms with Crippen LogP contribution in [0.5, 0.6) is 0 Å². The van der Waals surface area contributed by atoms with E-state index in [9.17, 15) is 0 Å². The SMILES string of the molecule is Cc1c(C)n(C2CCN(C)CC2C)c2ncnc(N)c12. The van der Waals surface area contributed by atoms with Gasteiger partial charge < -0.3 is 15.2 Å². The largest absolute Gasteiger partial charge is 0.383 e. The lowest BCUT2D eigenvalue weighted by Crippen LogP contribution is -2.38. The number of hydrogen-bond donors (Lipinski definition) is 1. The van der Waals surface area contributed by atoms with Crippen molar-refractivity contribution in [2.75, 3.05) is 25.9 Å². The molecule has 5 heteroatoms. The molecule has 2 aromatic heterocycles. The Balaban J connectivity index is 2.17. The lowest BCUT2D eigenvalue weighted by atomic mass is 9.93. The Morgan fingerprint density at radius 3 is 2.75 bits per heavy atom. The number of hydrogen-bond acceptors (Lipinski definition) is 4. The number of piperidine rings is 1. The Kier molecular flexibility index (Phi) is 3.17. The highest BCUT2D eigenvalue weighted by atomic mass is 15.2. The average Bonchev–Trinajstić information content (AvgIpc) is 2.64. The van der Waals surface area contributed by atoms with Crippen molar-refractivity contribution in [3.05, 3.63) is 17.6 Å². The van der Waals surface area contributed by atoms with Gasteiger partial charge in [-0.2, -0.15) is 0 Å². The fourth-order valence-corrected chi connectivity index (χ4v) is 3.58. The van der Waals surface area contributed by atoms with Gasteiger partial charge in [0.1, 0.15) is 17.8 Å². The first-order valence-corrected chi connectivity index (χ1v) is 7.26. The molecule has 2 aromatic rings. The van der Waals surface area contributed by atoms with Gasteiger partial charge in [0, 0.05) is 18.3 Å². The molecule has 1 saturated heterocycles. The normalized spacial score (nSPS) is 24.4. The minimum absolute atomic E-state index is 0.497. The van der Waals surface area contributed by atoms with E-state index in [1.54, 1.807) is 6.33 Å². The zero-order chi connectivity index (χ0) is 14.4. The second-order valence-corrected chi connectivity index (χ2v) is 6.13. The molecule has 108 valence electrons. The van der Waals surface area contributed by atoms with Gasteiger partial charge in [0.25, 0.3) is 0 Å². The molecule has 2 atom stereocenters. The first kappa shape index (κ1) is 13.4. The van der Waals surface area contributed by atoms with Crippen LogP contribution in [0.25, 0.3) is 11.0 Å². The maximum atomic E-state index is 6.05. The van der Waals surface area contributed by atoms with Crippen LogP contribution in [0, 0.1) is 19.8 Å². The summed E-state index contributed by atoms with van der Waals surface area (Å²) >= 11 is 0. The lowest BCUT2D eigenvalue weighted by molar-refractivity contribution is 0.160. The van der Waals surface area contributed by atoms with Crippen molar-refractivity contribution in [2.45, 2.75) is 33.2 Å². The quantitative estimate of drug-likeness (QED) is 0.865. The van der Waals surface area contributed by atoms with Crippen LogP contribution < -0.4 is 5.73 Å². The summed E-state index contributed by atoms with van der Waals surface area (Å²) in [6.07, 6.45) is 2.73. The number of nitrogen functional groups attached to an aromatic ring is 1. The number of aryl methyl sites for hydroxylation is 1. The molecule has 0 aliphatic carbocycles. The maximum absolute atomic E-state index is 6.05. The summed E-state index contributed by atoms with van der Waals surface area (Å²) in [5.41, 5.74) is 9.53. The van der Waals surface area contributed by atoms with E-state index in [0.717, 1.165) is 30.5 Å². The van der Waals surface area contributed by atoms with Gasteiger partial charge in [-0.15, -0.1) is 0 Å². The number of nitrogens with two attached hydrogens (primary N) is 1. The number of fused-ring (bicyclic) bond motifs is 1. The standard InChI is InChI=1S/C15H23N5/c1-9-7-19(4)6-5-12(9)20-11(3)10(2)13-14(16)17-8-18-15(13)20/h8-9,12H,5-7H2,1-4H3,(H2,16,17,18). The zero-order valence-corrected chi connectivity index (χ0v) is 12.7. The molecule has 20 heavy (non-hydrogen) atoms. The third kappa shape index (κ3) is 1.88. The summed E-state index contributed by atoms with van der Waals surface area (Å²) in [7, 11) is 2.19. The highest BCUT2D eigenvalue weighted by molar-refractivity contribution is 5.90. The third-order valence-electron chi connectivity index (χ3n) is 4.76. The Morgan fingerprint density at radius 1 is 1.30 bits per heavy atom. The van der Waals surface area contributed by atoms with Crippen LogP contribution in [0.2, 0.25) is 0 Å². The highest BCUT2D eigenvalue weighted by Crippen LogP contribution is 2.35. The van der Waals surface area contributed by atoms with Crippen LogP contribution in [-0.4, -0.2) is 39.6 Å². The molecule has 5 nitrogen and oxygen atoms in total. The first-order chi connectivity index (χ1) is 9.50. The number of likely N-dealkylation sites (tertiary alicyclic amines) is 1. The minimum Gasteiger partial charge on any atom is -0.383 e. The second kappa shape index (κ2) is 4.74. The van der Waals surface area contributed by atoms with Crippen LogP contribution in [0.1, 0.15) is 30.6 Å². The molecule has 0 saturated carbocycles. The van der Waals surface area contributed by atoms with Crippen LogP contribution in [0.15, 0.2) is 6.33 Å². The summed E-state index contributed by atoms with van der Waals surface area (Å²) in [5.74, 6) is 1.20. The zero-order valence-electron chi connectivity index (χ0n) is 12.7. The summed E-state index contributed by atoms with van der Waals surface area (Å²) in [4.78, 5) is 11.1. The number of aromatic nitrogens is 3. The molecule has 0 amide bonds. The highest BCUT2D eigenvalue weighted by Gasteiger charge is 2.29. The monoisotopic (exact) mass is 273 g/mol. The van der Waals surface area contributed by atoms with Gasteiger partial charge in [0.05, 0.1) is 5.39 Å². The van der Waals surface area contributed by atoms with E-state index in [-0.39, 0.29) is 0 Å². The molecule has 3 rings (SSSR count). The summed E-state index contributed by atoms with van der Waals surface area (Å²) in [5, 5.41) is 1.02.